The van der Waals surface area contributed by atoms with Gasteiger partial charge in [0.2, 0.25) is 0 Å². The Balaban J connectivity index is 1.73. The van der Waals surface area contributed by atoms with Crippen molar-refractivity contribution in [2.75, 3.05) is 0 Å². The molecule has 0 radical (unpaired) electrons. The summed E-state index contributed by atoms with van der Waals surface area (Å²) < 4.78 is 0. The highest BCUT2D eigenvalue weighted by Crippen LogP contribution is 2.17. The van der Waals surface area contributed by atoms with Crippen LogP contribution in [-0.2, 0) is 11.3 Å². The number of hydrogen-bond acceptors (Lipinski definition) is 3. The van der Waals surface area contributed by atoms with Crippen LogP contribution in [0.1, 0.15) is 17.4 Å². The molecule has 0 unspecified atom stereocenters. The van der Waals surface area contributed by atoms with Gasteiger partial charge in [0.15, 0.2) is 6.10 Å². The SMILES string of the molecule is O=C(NCc1nccc2ccccc12)[C@@H](O)c1ccccc1. The molecule has 0 fully saturated rings. The summed E-state index contributed by atoms with van der Waals surface area (Å²) >= 11 is 0. The van der Waals surface area contributed by atoms with Gasteiger partial charge in [-0.05, 0) is 17.0 Å². The third-order valence-corrected chi connectivity index (χ3v) is 3.55. The van der Waals surface area contributed by atoms with E-state index in [-0.39, 0.29) is 6.54 Å². The van der Waals surface area contributed by atoms with Crippen LogP contribution in [0.15, 0.2) is 66.9 Å². The van der Waals surface area contributed by atoms with E-state index in [1.54, 1.807) is 30.5 Å². The molecule has 0 aliphatic heterocycles. The predicted molar refractivity (Wildman–Crippen MR) is 85.0 cm³/mol. The normalized spacial score (nSPS) is 12.0. The molecule has 1 heterocycles. The van der Waals surface area contributed by atoms with Gasteiger partial charge in [0.1, 0.15) is 0 Å². The van der Waals surface area contributed by atoms with Crippen LogP contribution in [-0.4, -0.2) is 16.0 Å². The molecule has 4 heteroatoms. The Kier molecular flexibility index (Phi) is 4.12. The molecule has 3 rings (SSSR count). The van der Waals surface area contributed by atoms with Gasteiger partial charge in [0.25, 0.3) is 5.91 Å². The number of aromatic nitrogens is 1. The lowest BCUT2D eigenvalue weighted by atomic mass is 10.1. The number of nitrogens with zero attached hydrogens (tertiary/aromatic N) is 1. The molecular weight excluding hydrogens is 276 g/mol. The minimum Gasteiger partial charge on any atom is -0.378 e. The number of carbonyl (C=O) groups is 1. The largest absolute Gasteiger partial charge is 0.378 e. The van der Waals surface area contributed by atoms with Crippen LogP contribution in [0.2, 0.25) is 0 Å². The maximum atomic E-state index is 12.1. The molecule has 0 saturated heterocycles. The van der Waals surface area contributed by atoms with Gasteiger partial charge in [0.05, 0.1) is 12.2 Å². The molecule has 1 atom stereocenters. The van der Waals surface area contributed by atoms with Gasteiger partial charge >= 0.3 is 0 Å². The summed E-state index contributed by atoms with van der Waals surface area (Å²) in [5, 5.41) is 14.9. The number of pyridine rings is 1. The molecule has 110 valence electrons. The summed E-state index contributed by atoms with van der Waals surface area (Å²) in [7, 11) is 0. The fraction of sp³-hybridized carbons (Fsp3) is 0.111. The Morgan fingerprint density at radius 1 is 1.05 bits per heavy atom. The molecule has 0 bridgehead atoms. The number of rotatable bonds is 4. The number of hydrogen-bond donors (Lipinski definition) is 2. The van der Waals surface area contributed by atoms with Crippen molar-refractivity contribution in [1.29, 1.82) is 0 Å². The minimum atomic E-state index is -1.17. The zero-order valence-electron chi connectivity index (χ0n) is 11.9. The van der Waals surface area contributed by atoms with E-state index >= 15 is 0 Å². The van der Waals surface area contributed by atoms with E-state index in [1.165, 1.54) is 0 Å². The van der Waals surface area contributed by atoms with Crippen molar-refractivity contribution < 1.29 is 9.90 Å². The number of amides is 1. The molecular formula is C18H16N2O2. The lowest BCUT2D eigenvalue weighted by molar-refractivity contribution is -0.129. The Morgan fingerprint density at radius 2 is 1.77 bits per heavy atom. The lowest BCUT2D eigenvalue weighted by Crippen LogP contribution is -2.29. The van der Waals surface area contributed by atoms with Crippen LogP contribution >= 0.6 is 0 Å². The summed E-state index contributed by atoms with van der Waals surface area (Å²) in [6.07, 6.45) is 0.549. The number of aliphatic hydroxyl groups is 1. The Labute approximate surface area is 128 Å². The Morgan fingerprint density at radius 3 is 2.59 bits per heavy atom. The second-order valence-electron chi connectivity index (χ2n) is 5.01. The first-order valence-electron chi connectivity index (χ1n) is 7.09. The topological polar surface area (TPSA) is 62.2 Å². The molecule has 4 nitrogen and oxygen atoms in total. The molecule has 1 aromatic heterocycles. The fourth-order valence-corrected chi connectivity index (χ4v) is 2.38. The van der Waals surface area contributed by atoms with Gasteiger partial charge in [-0.1, -0.05) is 54.6 Å². The summed E-state index contributed by atoms with van der Waals surface area (Å²) in [4.78, 5) is 16.4. The summed E-state index contributed by atoms with van der Waals surface area (Å²) in [5.74, 6) is -0.430. The monoisotopic (exact) mass is 292 g/mol. The first-order chi connectivity index (χ1) is 10.8. The third kappa shape index (κ3) is 2.97. The lowest BCUT2D eigenvalue weighted by Gasteiger charge is -2.12. The van der Waals surface area contributed by atoms with Crippen LogP contribution in [0.4, 0.5) is 0 Å². The van der Waals surface area contributed by atoms with E-state index in [0.717, 1.165) is 16.5 Å². The van der Waals surface area contributed by atoms with Crippen molar-refractivity contribution in [2.45, 2.75) is 12.6 Å². The van der Waals surface area contributed by atoms with Gasteiger partial charge in [-0.25, -0.2) is 0 Å². The van der Waals surface area contributed by atoms with Crippen molar-refractivity contribution in [3.05, 3.63) is 78.1 Å². The molecule has 3 aromatic rings. The van der Waals surface area contributed by atoms with E-state index in [9.17, 15) is 9.90 Å². The minimum absolute atomic E-state index is 0.282. The second kappa shape index (κ2) is 6.37. The van der Waals surface area contributed by atoms with Crippen molar-refractivity contribution in [1.82, 2.24) is 10.3 Å². The van der Waals surface area contributed by atoms with E-state index in [1.807, 2.05) is 36.4 Å². The van der Waals surface area contributed by atoms with Crippen LogP contribution in [0, 0.1) is 0 Å². The van der Waals surface area contributed by atoms with Gasteiger partial charge in [0, 0.05) is 11.6 Å². The Bertz CT molecular complexity index is 782. The predicted octanol–water partition coefficient (Wildman–Crippen LogP) is 2.58. The molecule has 0 spiro atoms. The van der Waals surface area contributed by atoms with Crippen LogP contribution in [0.25, 0.3) is 10.8 Å². The zero-order chi connectivity index (χ0) is 15.4. The van der Waals surface area contributed by atoms with Gasteiger partial charge in [-0.3, -0.25) is 9.78 Å². The number of fused-ring (bicyclic) bond motifs is 1. The molecule has 2 N–H and O–H groups in total. The van der Waals surface area contributed by atoms with E-state index in [0.29, 0.717) is 5.56 Å². The first kappa shape index (κ1) is 14.2. The van der Waals surface area contributed by atoms with E-state index < -0.39 is 12.0 Å². The van der Waals surface area contributed by atoms with E-state index in [2.05, 4.69) is 10.3 Å². The molecule has 1 amide bonds. The van der Waals surface area contributed by atoms with Crippen LogP contribution in [0.3, 0.4) is 0 Å². The summed E-state index contributed by atoms with van der Waals surface area (Å²) in [6, 6.07) is 18.7. The smallest absolute Gasteiger partial charge is 0.253 e. The number of benzene rings is 2. The number of nitrogens with one attached hydrogen (secondary N) is 1. The highest BCUT2D eigenvalue weighted by molar-refractivity contribution is 5.85. The number of aliphatic hydroxyl groups excluding tert-OH is 1. The van der Waals surface area contributed by atoms with E-state index in [4.69, 9.17) is 0 Å². The van der Waals surface area contributed by atoms with Gasteiger partial charge in [-0.2, -0.15) is 0 Å². The maximum Gasteiger partial charge on any atom is 0.253 e. The molecule has 0 aliphatic carbocycles. The van der Waals surface area contributed by atoms with Crippen LogP contribution < -0.4 is 5.32 Å². The summed E-state index contributed by atoms with van der Waals surface area (Å²) in [6.45, 7) is 0.282. The van der Waals surface area contributed by atoms with Gasteiger partial charge < -0.3 is 10.4 Å². The Hall–Kier alpha value is -2.72. The average molecular weight is 292 g/mol. The quantitative estimate of drug-likeness (QED) is 0.777. The third-order valence-electron chi connectivity index (χ3n) is 3.55. The summed E-state index contributed by atoms with van der Waals surface area (Å²) in [5.41, 5.74) is 1.36. The zero-order valence-corrected chi connectivity index (χ0v) is 11.9. The maximum absolute atomic E-state index is 12.1. The van der Waals surface area contributed by atoms with Crippen molar-refractivity contribution >= 4 is 16.7 Å². The highest BCUT2D eigenvalue weighted by atomic mass is 16.3. The molecule has 2 aromatic carbocycles. The van der Waals surface area contributed by atoms with Gasteiger partial charge in [-0.15, -0.1) is 0 Å². The molecule has 0 aliphatic rings. The van der Waals surface area contributed by atoms with Crippen molar-refractivity contribution in [3.63, 3.8) is 0 Å². The van der Waals surface area contributed by atoms with Crippen molar-refractivity contribution in [3.8, 4) is 0 Å². The first-order valence-corrected chi connectivity index (χ1v) is 7.09. The fourth-order valence-electron chi connectivity index (χ4n) is 2.38. The molecule has 0 saturated carbocycles. The average Bonchev–Trinajstić information content (AvgIpc) is 2.59. The molecule has 22 heavy (non-hydrogen) atoms. The standard InChI is InChI=1S/C18H16N2O2/c21-17(14-7-2-1-3-8-14)18(22)20-12-16-15-9-5-4-6-13(15)10-11-19-16/h1-11,17,21H,12H2,(H,20,22)/t17-/m0/s1. The second-order valence-corrected chi connectivity index (χ2v) is 5.01. The highest BCUT2D eigenvalue weighted by Gasteiger charge is 2.16. The van der Waals surface area contributed by atoms with Crippen LogP contribution in [0.5, 0.6) is 0 Å². The number of carbonyl (C=O) groups excluding carboxylic acids is 1. The van der Waals surface area contributed by atoms with Crippen molar-refractivity contribution in [2.24, 2.45) is 0 Å².